The fraction of sp³-hybridized carbons (Fsp3) is 0.167. The van der Waals surface area contributed by atoms with E-state index in [1.807, 2.05) is 67.6 Å². The molecular weight excluding hydrogens is 334 g/mol. The van der Waals surface area contributed by atoms with Crippen LogP contribution in [0.3, 0.4) is 0 Å². The van der Waals surface area contributed by atoms with Crippen LogP contribution in [0.15, 0.2) is 72.8 Å². The molecule has 3 heteroatoms. The van der Waals surface area contributed by atoms with Crippen molar-refractivity contribution >= 4 is 11.7 Å². The van der Waals surface area contributed by atoms with Crippen molar-refractivity contribution in [1.82, 2.24) is 5.32 Å². The SMILES string of the molecule is Cc1cc(C(=O)c2ccccc2)c(C(=O)NC2CC2)cc1-c1ccccc1. The largest absolute Gasteiger partial charge is 0.349 e. The molecule has 1 saturated carbocycles. The Bertz CT molecular complexity index is 990. The Morgan fingerprint density at radius 1 is 0.852 bits per heavy atom. The van der Waals surface area contributed by atoms with Crippen molar-refractivity contribution in [1.29, 1.82) is 0 Å². The minimum absolute atomic E-state index is 0.126. The molecule has 1 N–H and O–H groups in total. The molecular formula is C24H21NO2. The van der Waals surface area contributed by atoms with Crippen LogP contribution >= 0.6 is 0 Å². The third kappa shape index (κ3) is 3.68. The second-order valence-corrected chi connectivity index (χ2v) is 7.02. The average molecular weight is 355 g/mol. The van der Waals surface area contributed by atoms with E-state index in [4.69, 9.17) is 0 Å². The Labute approximate surface area is 159 Å². The van der Waals surface area contributed by atoms with Gasteiger partial charge in [0.2, 0.25) is 0 Å². The van der Waals surface area contributed by atoms with Gasteiger partial charge in [0, 0.05) is 17.2 Å². The molecule has 0 unspecified atom stereocenters. The molecule has 0 aromatic heterocycles. The van der Waals surface area contributed by atoms with Crippen molar-refractivity contribution in [3.8, 4) is 11.1 Å². The lowest BCUT2D eigenvalue weighted by molar-refractivity contribution is 0.0940. The van der Waals surface area contributed by atoms with Crippen molar-refractivity contribution in [3.05, 3.63) is 95.1 Å². The molecule has 1 amide bonds. The van der Waals surface area contributed by atoms with Crippen LogP contribution in [0.1, 0.15) is 44.7 Å². The third-order valence-electron chi connectivity index (χ3n) is 4.89. The highest BCUT2D eigenvalue weighted by Crippen LogP contribution is 2.29. The highest BCUT2D eigenvalue weighted by atomic mass is 16.2. The molecule has 0 bridgehead atoms. The lowest BCUT2D eigenvalue weighted by atomic mass is 9.90. The van der Waals surface area contributed by atoms with Crippen LogP contribution in [0.2, 0.25) is 0 Å². The summed E-state index contributed by atoms with van der Waals surface area (Å²) in [5.74, 6) is -0.298. The maximum atomic E-state index is 13.1. The van der Waals surface area contributed by atoms with E-state index in [0.29, 0.717) is 16.7 Å². The Hall–Kier alpha value is -3.20. The predicted molar refractivity (Wildman–Crippen MR) is 107 cm³/mol. The zero-order valence-corrected chi connectivity index (χ0v) is 15.2. The quantitative estimate of drug-likeness (QED) is 0.669. The Kier molecular flexibility index (Phi) is 4.59. The van der Waals surface area contributed by atoms with Gasteiger partial charge in [-0.15, -0.1) is 0 Å². The van der Waals surface area contributed by atoms with Crippen LogP contribution in [0.5, 0.6) is 0 Å². The highest BCUT2D eigenvalue weighted by Gasteiger charge is 2.27. The van der Waals surface area contributed by atoms with Gasteiger partial charge in [0.05, 0.1) is 5.56 Å². The van der Waals surface area contributed by atoms with Gasteiger partial charge in [0.15, 0.2) is 5.78 Å². The fourth-order valence-corrected chi connectivity index (χ4v) is 3.25. The second kappa shape index (κ2) is 7.20. The molecule has 0 spiro atoms. The molecule has 1 aliphatic rings. The second-order valence-electron chi connectivity index (χ2n) is 7.02. The number of amides is 1. The maximum absolute atomic E-state index is 13.1. The van der Waals surface area contributed by atoms with Crippen LogP contribution in [0.25, 0.3) is 11.1 Å². The van der Waals surface area contributed by atoms with E-state index >= 15 is 0 Å². The highest BCUT2D eigenvalue weighted by molar-refractivity contribution is 6.16. The summed E-state index contributed by atoms with van der Waals surface area (Å²) < 4.78 is 0. The first-order valence-corrected chi connectivity index (χ1v) is 9.24. The molecule has 3 nitrogen and oxygen atoms in total. The summed E-state index contributed by atoms with van der Waals surface area (Å²) in [6.45, 7) is 1.98. The lowest BCUT2D eigenvalue weighted by Crippen LogP contribution is -2.27. The number of rotatable bonds is 5. The number of hydrogen-bond donors (Lipinski definition) is 1. The van der Waals surface area contributed by atoms with Crippen LogP contribution in [0.4, 0.5) is 0 Å². The number of benzene rings is 3. The van der Waals surface area contributed by atoms with Gasteiger partial charge in [-0.1, -0.05) is 60.7 Å². The molecule has 0 heterocycles. The molecule has 134 valence electrons. The van der Waals surface area contributed by atoms with E-state index < -0.39 is 0 Å². The van der Waals surface area contributed by atoms with Crippen molar-refractivity contribution in [2.75, 3.05) is 0 Å². The van der Waals surface area contributed by atoms with Gasteiger partial charge >= 0.3 is 0 Å². The molecule has 0 atom stereocenters. The topological polar surface area (TPSA) is 46.2 Å². The number of carbonyl (C=O) groups excluding carboxylic acids is 2. The zero-order valence-electron chi connectivity index (χ0n) is 15.2. The number of nitrogens with one attached hydrogen (secondary N) is 1. The van der Waals surface area contributed by atoms with Crippen LogP contribution in [-0.2, 0) is 0 Å². The summed E-state index contributed by atoms with van der Waals surface area (Å²) in [6.07, 6.45) is 2.01. The molecule has 0 saturated heterocycles. The van der Waals surface area contributed by atoms with Gasteiger partial charge in [0.25, 0.3) is 5.91 Å². The first-order chi connectivity index (χ1) is 13.1. The van der Waals surface area contributed by atoms with Gasteiger partial charge in [-0.05, 0) is 48.6 Å². The van der Waals surface area contributed by atoms with Gasteiger partial charge in [-0.2, -0.15) is 0 Å². The van der Waals surface area contributed by atoms with E-state index in [2.05, 4.69) is 5.32 Å². The van der Waals surface area contributed by atoms with Crippen molar-refractivity contribution in [3.63, 3.8) is 0 Å². The van der Waals surface area contributed by atoms with Crippen LogP contribution in [0, 0.1) is 6.92 Å². The lowest BCUT2D eigenvalue weighted by Gasteiger charge is -2.14. The van der Waals surface area contributed by atoms with Gasteiger partial charge < -0.3 is 5.32 Å². The Morgan fingerprint density at radius 3 is 2.11 bits per heavy atom. The summed E-state index contributed by atoms with van der Waals surface area (Å²) in [6, 6.07) is 23.0. The predicted octanol–water partition coefficient (Wildman–Crippen LogP) is 4.79. The van der Waals surface area contributed by atoms with E-state index in [-0.39, 0.29) is 17.7 Å². The minimum atomic E-state index is -0.172. The monoisotopic (exact) mass is 355 g/mol. The molecule has 1 fully saturated rings. The molecule has 1 aliphatic carbocycles. The number of ketones is 1. The normalized spacial score (nSPS) is 13.2. The summed E-state index contributed by atoms with van der Waals surface area (Å²) in [7, 11) is 0. The number of aryl methyl sites for hydroxylation is 1. The third-order valence-corrected chi connectivity index (χ3v) is 4.89. The molecule has 4 rings (SSSR count). The van der Waals surface area contributed by atoms with Crippen LogP contribution < -0.4 is 5.32 Å². The average Bonchev–Trinajstić information content (AvgIpc) is 3.52. The van der Waals surface area contributed by atoms with Crippen LogP contribution in [-0.4, -0.2) is 17.7 Å². The van der Waals surface area contributed by atoms with Crippen molar-refractivity contribution in [2.24, 2.45) is 0 Å². The van der Waals surface area contributed by atoms with E-state index in [1.165, 1.54) is 0 Å². The summed E-state index contributed by atoms with van der Waals surface area (Å²) in [5.41, 5.74) is 4.47. The molecule has 3 aromatic carbocycles. The summed E-state index contributed by atoms with van der Waals surface area (Å²) in [5, 5.41) is 3.02. The number of hydrogen-bond acceptors (Lipinski definition) is 2. The molecule has 27 heavy (non-hydrogen) atoms. The van der Waals surface area contributed by atoms with E-state index in [1.54, 1.807) is 12.1 Å². The molecule has 0 aliphatic heterocycles. The van der Waals surface area contributed by atoms with Gasteiger partial charge in [0.1, 0.15) is 0 Å². The van der Waals surface area contributed by atoms with Gasteiger partial charge in [-0.3, -0.25) is 9.59 Å². The molecule has 3 aromatic rings. The van der Waals surface area contributed by atoms with E-state index in [9.17, 15) is 9.59 Å². The number of carbonyl (C=O) groups is 2. The zero-order chi connectivity index (χ0) is 18.8. The minimum Gasteiger partial charge on any atom is -0.349 e. The molecule has 0 radical (unpaired) electrons. The first-order valence-electron chi connectivity index (χ1n) is 9.24. The first kappa shape index (κ1) is 17.2. The standard InChI is InChI=1S/C24H21NO2/c1-16-14-21(23(26)18-10-6-3-7-11-18)22(24(27)25-19-12-13-19)15-20(16)17-8-4-2-5-9-17/h2-11,14-15,19H,12-13H2,1H3,(H,25,27). The summed E-state index contributed by atoms with van der Waals surface area (Å²) >= 11 is 0. The van der Waals surface area contributed by atoms with Gasteiger partial charge in [-0.25, -0.2) is 0 Å². The maximum Gasteiger partial charge on any atom is 0.252 e. The van der Waals surface area contributed by atoms with E-state index in [0.717, 1.165) is 29.5 Å². The van der Waals surface area contributed by atoms with Crippen molar-refractivity contribution in [2.45, 2.75) is 25.8 Å². The smallest absolute Gasteiger partial charge is 0.252 e. The summed E-state index contributed by atoms with van der Waals surface area (Å²) in [4.78, 5) is 26.0. The Balaban J connectivity index is 1.83. The van der Waals surface area contributed by atoms with Crippen molar-refractivity contribution < 1.29 is 9.59 Å². The fourth-order valence-electron chi connectivity index (χ4n) is 3.25. The Morgan fingerprint density at radius 2 is 1.48 bits per heavy atom.